The molecule has 0 saturated carbocycles. The van der Waals surface area contributed by atoms with Gasteiger partial charge in [-0.3, -0.25) is 4.57 Å². The summed E-state index contributed by atoms with van der Waals surface area (Å²) in [5, 5.41) is 3.13. The first-order chi connectivity index (χ1) is 8.63. The Kier molecular flexibility index (Phi) is 2.76. The van der Waals surface area contributed by atoms with Crippen molar-refractivity contribution in [1.29, 1.82) is 0 Å². The number of aryl methyl sites for hydroxylation is 2. The molecule has 0 radical (unpaired) electrons. The standard InChI is InChI=1S/C12H12N4S2/c1-7-3-4-10-11(13-7)16(12(17)15-10)5-9-6-18-8(2)14-9/h3-4,6H,5H2,1-2H3,(H,15,17). The van der Waals surface area contributed by atoms with Crippen LogP contribution in [-0.2, 0) is 6.54 Å². The number of pyridine rings is 1. The summed E-state index contributed by atoms with van der Waals surface area (Å²) in [4.78, 5) is 12.2. The molecule has 3 aromatic rings. The van der Waals surface area contributed by atoms with Crippen molar-refractivity contribution in [2.75, 3.05) is 0 Å². The summed E-state index contributed by atoms with van der Waals surface area (Å²) >= 11 is 7.00. The normalized spacial score (nSPS) is 11.2. The van der Waals surface area contributed by atoms with Gasteiger partial charge in [-0.1, -0.05) is 0 Å². The highest BCUT2D eigenvalue weighted by atomic mass is 32.1. The van der Waals surface area contributed by atoms with E-state index in [1.54, 1.807) is 11.3 Å². The van der Waals surface area contributed by atoms with E-state index < -0.39 is 0 Å². The number of rotatable bonds is 2. The molecule has 0 aromatic carbocycles. The first-order valence-corrected chi connectivity index (χ1v) is 6.89. The fourth-order valence-electron chi connectivity index (χ4n) is 1.91. The molecule has 0 aliphatic rings. The second-order valence-electron chi connectivity index (χ2n) is 4.20. The number of fused-ring (bicyclic) bond motifs is 1. The quantitative estimate of drug-likeness (QED) is 0.731. The van der Waals surface area contributed by atoms with Crippen molar-refractivity contribution in [2.45, 2.75) is 20.4 Å². The third kappa shape index (κ3) is 1.97. The molecule has 1 N–H and O–H groups in total. The number of aromatic amines is 1. The summed E-state index contributed by atoms with van der Waals surface area (Å²) < 4.78 is 2.68. The lowest BCUT2D eigenvalue weighted by atomic mass is 10.3. The number of nitrogens with one attached hydrogen (secondary N) is 1. The average molecular weight is 276 g/mol. The van der Waals surface area contributed by atoms with Gasteiger partial charge in [0.15, 0.2) is 10.4 Å². The summed E-state index contributed by atoms with van der Waals surface area (Å²) in [5.41, 5.74) is 3.88. The van der Waals surface area contributed by atoms with Crippen LogP contribution in [0.25, 0.3) is 11.2 Å². The molecular weight excluding hydrogens is 264 g/mol. The molecule has 0 fully saturated rings. The number of imidazole rings is 1. The number of aromatic nitrogens is 4. The van der Waals surface area contributed by atoms with Crippen LogP contribution in [0.1, 0.15) is 16.4 Å². The van der Waals surface area contributed by atoms with Crippen molar-refractivity contribution in [1.82, 2.24) is 19.5 Å². The lowest BCUT2D eigenvalue weighted by Crippen LogP contribution is -2.01. The van der Waals surface area contributed by atoms with Gasteiger partial charge in [0.2, 0.25) is 0 Å². The fourth-order valence-corrected chi connectivity index (χ4v) is 2.78. The van der Waals surface area contributed by atoms with Crippen LogP contribution in [0.5, 0.6) is 0 Å². The predicted octanol–water partition coefficient (Wildman–Crippen LogP) is 3.22. The molecule has 3 aromatic heterocycles. The Hall–Kier alpha value is -1.53. The molecule has 3 rings (SSSR count). The third-order valence-electron chi connectivity index (χ3n) is 2.74. The summed E-state index contributed by atoms with van der Waals surface area (Å²) in [6.45, 7) is 4.65. The molecule has 0 bridgehead atoms. The molecule has 92 valence electrons. The highest BCUT2D eigenvalue weighted by molar-refractivity contribution is 7.71. The number of hydrogen-bond donors (Lipinski definition) is 1. The summed E-state index contributed by atoms with van der Waals surface area (Å²) in [6.07, 6.45) is 0. The minimum Gasteiger partial charge on any atom is -0.329 e. The monoisotopic (exact) mass is 276 g/mol. The topological polar surface area (TPSA) is 46.5 Å². The minimum absolute atomic E-state index is 0.666. The van der Waals surface area contributed by atoms with E-state index >= 15 is 0 Å². The van der Waals surface area contributed by atoms with Crippen LogP contribution in [0.2, 0.25) is 0 Å². The summed E-state index contributed by atoms with van der Waals surface area (Å²) in [6, 6.07) is 3.99. The first-order valence-electron chi connectivity index (χ1n) is 5.60. The molecule has 4 nitrogen and oxygen atoms in total. The lowest BCUT2D eigenvalue weighted by Gasteiger charge is -2.01. The molecule has 3 heterocycles. The van der Waals surface area contributed by atoms with Crippen LogP contribution in [0.3, 0.4) is 0 Å². The second-order valence-corrected chi connectivity index (χ2v) is 5.65. The van der Waals surface area contributed by atoms with Crippen LogP contribution in [0.4, 0.5) is 0 Å². The Morgan fingerprint density at radius 1 is 1.33 bits per heavy atom. The highest BCUT2D eigenvalue weighted by Crippen LogP contribution is 2.16. The van der Waals surface area contributed by atoms with E-state index in [9.17, 15) is 0 Å². The van der Waals surface area contributed by atoms with E-state index in [-0.39, 0.29) is 0 Å². The van der Waals surface area contributed by atoms with Crippen molar-refractivity contribution in [3.8, 4) is 0 Å². The Bertz CT molecular complexity index is 766. The van der Waals surface area contributed by atoms with Crippen LogP contribution in [-0.4, -0.2) is 19.5 Å². The van der Waals surface area contributed by atoms with Crippen molar-refractivity contribution in [2.24, 2.45) is 0 Å². The van der Waals surface area contributed by atoms with Crippen LogP contribution >= 0.6 is 23.6 Å². The molecule has 18 heavy (non-hydrogen) atoms. The molecule has 0 atom stereocenters. The molecule has 0 unspecified atom stereocenters. The maximum atomic E-state index is 5.35. The minimum atomic E-state index is 0.666. The van der Waals surface area contributed by atoms with Gasteiger partial charge in [-0.2, -0.15) is 0 Å². The molecule has 0 spiro atoms. The van der Waals surface area contributed by atoms with Gasteiger partial charge in [-0.05, 0) is 38.2 Å². The van der Waals surface area contributed by atoms with Crippen LogP contribution in [0.15, 0.2) is 17.5 Å². The fraction of sp³-hybridized carbons (Fsp3) is 0.250. The van der Waals surface area contributed by atoms with Crippen molar-refractivity contribution in [3.63, 3.8) is 0 Å². The van der Waals surface area contributed by atoms with Crippen molar-refractivity contribution in [3.05, 3.63) is 38.7 Å². The van der Waals surface area contributed by atoms with Crippen molar-refractivity contribution < 1.29 is 0 Å². The Labute approximate surface area is 113 Å². The first kappa shape index (κ1) is 11.6. The Balaban J connectivity index is 2.13. The van der Waals surface area contributed by atoms with Crippen LogP contribution in [0, 0.1) is 18.6 Å². The molecule has 0 amide bonds. The van der Waals surface area contributed by atoms with E-state index in [0.717, 1.165) is 27.6 Å². The van der Waals surface area contributed by atoms with Gasteiger partial charge in [0.05, 0.1) is 22.8 Å². The van der Waals surface area contributed by atoms with Gasteiger partial charge in [-0.15, -0.1) is 11.3 Å². The summed E-state index contributed by atoms with van der Waals surface area (Å²) in [7, 11) is 0. The maximum absolute atomic E-state index is 5.35. The third-order valence-corrected chi connectivity index (χ3v) is 3.89. The van der Waals surface area contributed by atoms with Gasteiger partial charge in [0.1, 0.15) is 0 Å². The Morgan fingerprint density at radius 2 is 2.17 bits per heavy atom. The molecule has 6 heteroatoms. The smallest absolute Gasteiger partial charge is 0.179 e. The van der Waals surface area contributed by atoms with Crippen LogP contribution < -0.4 is 0 Å². The molecule has 0 aliphatic carbocycles. The highest BCUT2D eigenvalue weighted by Gasteiger charge is 2.08. The van der Waals surface area contributed by atoms with E-state index in [0.29, 0.717) is 11.3 Å². The van der Waals surface area contributed by atoms with Crippen molar-refractivity contribution >= 4 is 34.7 Å². The molecular formula is C12H12N4S2. The maximum Gasteiger partial charge on any atom is 0.179 e. The zero-order valence-corrected chi connectivity index (χ0v) is 11.7. The predicted molar refractivity (Wildman–Crippen MR) is 75.6 cm³/mol. The van der Waals surface area contributed by atoms with Gasteiger partial charge in [-0.25, -0.2) is 9.97 Å². The zero-order valence-electron chi connectivity index (χ0n) is 10.1. The SMILES string of the molecule is Cc1ccc2[nH]c(=S)n(Cc3csc(C)n3)c2n1. The number of nitrogens with zero attached hydrogens (tertiary/aromatic N) is 3. The summed E-state index contributed by atoms with van der Waals surface area (Å²) in [5.74, 6) is 0. The average Bonchev–Trinajstić information content (AvgIpc) is 2.86. The van der Waals surface area contributed by atoms with E-state index in [1.165, 1.54) is 0 Å². The number of H-pyrrole nitrogens is 1. The van der Waals surface area contributed by atoms with Gasteiger partial charge < -0.3 is 4.98 Å². The molecule has 0 saturated heterocycles. The molecule has 0 aliphatic heterocycles. The van der Waals surface area contributed by atoms with Gasteiger partial charge in [0, 0.05) is 11.1 Å². The second kappa shape index (κ2) is 4.29. The van der Waals surface area contributed by atoms with Gasteiger partial charge in [0.25, 0.3) is 0 Å². The zero-order chi connectivity index (χ0) is 12.7. The van der Waals surface area contributed by atoms with E-state index in [4.69, 9.17) is 12.2 Å². The largest absolute Gasteiger partial charge is 0.329 e. The number of hydrogen-bond acceptors (Lipinski definition) is 4. The lowest BCUT2D eigenvalue weighted by molar-refractivity contribution is 0.779. The van der Waals surface area contributed by atoms with Gasteiger partial charge >= 0.3 is 0 Å². The van der Waals surface area contributed by atoms with E-state index in [1.807, 2.05) is 30.5 Å². The number of thiazole rings is 1. The Morgan fingerprint density at radius 3 is 2.89 bits per heavy atom. The van der Waals surface area contributed by atoms with E-state index in [2.05, 4.69) is 20.3 Å².